The Morgan fingerprint density at radius 1 is 1.21 bits per heavy atom. The van der Waals surface area contributed by atoms with E-state index in [0.717, 1.165) is 0 Å². The number of anilines is 1. The Morgan fingerprint density at radius 2 is 1.88 bits per heavy atom. The summed E-state index contributed by atoms with van der Waals surface area (Å²) in [5, 5.41) is 9.09. The molecule has 1 N–H and O–H groups in total. The number of likely N-dealkylation sites (N-methyl/N-ethyl adjacent to an activating group) is 1. The molecule has 8 heteroatoms. The van der Waals surface area contributed by atoms with Gasteiger partial charge in [0.2, 0.25) is 5.91 Å². The van der Waals surface area contributed by atoms with E-state index in [4.69, 9.17) is 5.11 Å². The maximum absolute atomic E-state index is 12.6. The van der Waals surface area contributed by atoms with Crippen LogP contribution < -0.4 is 4.90 Å². The van der Waals surface area contributed by atoms with Gasteiger partial charge in [0.05, 0.1) is 18.1 Å². The Labute approximate surface area is 141 Å². The first-order chi connectivity index (χ1) is 11.3. The number of rotatable bonds is 7. The molecule has 7 nitrogen and oxygen atoms in total. The fourth-order valence-electron chi connectivity index (χ4n) is 2.95. The number of benzene rings is 1. The lowest BCUT2D eigenvalue weighted by Crippen LogP contribution is -2.47. The van der Waals surface area contributed by atoms with Crippen LogP contribution in [-0.4, -0.2) is 67.5 Å². The lowest BCUT2D eigenvalue weighted by Gasteiger charge is -2.30. The Morgan fingerprint density at radius 3 is 2.38 bits per heavy atom. The van der Waals surface area contributed by atoms with Crippen LogP contribution in [-0.2, 0) is 19.4 Å². The van der Waals surface area contributed by atoms with Crippen LogP contribution in [0.2, 0.25) is 0 Å². The number of nitrogens with zero attached hydrogens (tertiary/aromatic N) is 2. The summed E-state index contributed by atoms with van der Waals surface area (Å²) in [6, 6.07) is 8.52. The molecule has 132 valence electrons. The zero-order valence-corrected chi connectivity index (χ0v) is 14.4. The van der Waals surface area contributed by atoms with Crippen molar-refractivity contribution in [2.75, 3.05) is 36.0 Å². The van der Waals surface area contributed by atoms with E-state index in [1.54, 1.807) is 36.1 Å². The van der Waals surface area contributed by atoms with Crippen molar-refractivity contribution in [3.8, 4) is 0 Å². The zero-order valence-electron chi connectivity index (χ0n) is 13.6. The fraction of sp³-hybridized carbons (Fsp3) is 0.500. The summed E-state index contributed by atoms with van der Waals surface area (Å²) < 4.78 is 23.3. The number of carboxylic acids is 1. The van der Waals surface area contributed by atoms with Crippen LogP contribution in [0, 0.1) is 0 Å². The third kappa shape index (κ3) is 4.70. The summed E-state index contributed by atoms with van der Waals surface area (Å²) in [4.78, 5) is 26.8. The molecule has 1 aliphatic heterocycles. The molecule has 0 radical (unpaired) electrons. The molecule has 1 saturated heterocycles. The first-order valence-electron chi connectivity index (χ1n) is 7.84. The van der Waals surface area contributed by atoms with E-state index in [-0.39, 0.29) is 36.5 Å². The van der Waals surface area contributed by atoms with Crippen LogP contribution in [0.4, 0.5) is 5.69 Å². The van der Waals surface area contributed by atoms with E-state index in [1.807, 2.05) is 6.07 Å². The lowest BCUT2D eigenvalue weighted by molar-refractivity contribution is -0.135. The highest BCUT2D eigenvalue weighted by molar-refractivity contribution is 7.91. The monoisotopic (exact) mass is 354 g/mol. The molecule has 1 amide bonds. The molecule has 1 aliphatic rings. The molecule has 0 aliphatic carbocycles. The van der Waals surface area contributed by atoms with Crippen molar-refractivity contribution in [1.82, 2.24) is 4.90 Å². The van der Waals surface area contributed by atoms with Gasteiger partial charge in [-0.25, -0.2) is 8.42 Å². The minimum Gasteiger partial charge on any atom is -0.480 e. The van der Waals surface area contributed by atoms with E-state index in [9.17, 15) is 18.0 Å². The highest BCUT2D eigenvalue weighted by Crippen LogP contribution is 2.19. The predicted molar refractivity (Wildman–Crippen MR) is 90.7 cm³/mol. The lowest BCUT2D eigenvalue weighted by atomic mass is 10.2. The molecule has 2 rings (SSSR count). The Bertz CT molecular complexity index is 690. The van der Waals surface area contributed by atoms with Gasteiger partial charge >= 0.3 is 5.97 Å². The van der Waals surface area contributed by atoms with Gasteiger partial charge in [-0.3, -0.25) is 9.59 Å². The van der Waals surface area contributed by atoms with Crippen LogP contribution in [0.15, 0.2) is 30.3 Å². The molecule has 24 heavy (non-hydrogen) atoms. The van der Waals surface area contributed by atoms with Crippen molar-refractivity contribution >= 4 is 27.4 Å². The largest absolute Gasteiger partial charge is 0.480 e. The number of hydrogen-bond acceptors (Lipinski definition) is 5. The average Bonchev–Trinajstić information content (AvgIpc) is 2.87. The van der Waals surface area contributed by atoms with Gasteiger partial charge in [-0.2, -0.15) is 0 Å². The number of amides is 1. The molecule has 0 saturated carbocycles. The number of carboxylic acid groups (broad SMARTS) is 1. The first-order valence-corrected chi connectivity index (χ1v) is 9.66. The normalized spacial score (nSPS) is 19.0. The molecular weight excluding hydrogens is 332 g/mol. The van der Waals surface area contributed by atoms with Gasteiger partial charge in [0, 0.05) is 18.3 Å². The molecule has 1 atom stereocenters. The number of aliphatic carboxylic acids is 1. The smallest absolute Gasteiger partial charge is 0.323 e. The van der Waals surface area contributed by atoms with E-state index in [1.165, 1.54) is 4.90 Å². The second-order valence-electron chi connectivity index (χ2n) is 5.82. The van der Waals surface area contributed by atoms with E-state index >= 15 is 0 Å². The average molecular weight is 354 g/mol. The van der Waals surface area contributed by atoms with Gasteiger partial charge in [-0.1, -0.05) is 18.2 Å². The third-order valence-electron chi connectivity index (χ3n) is 4.08. The Hall–Kier alpha value is -2.09. The van der Waals surface area contributed by atoms with Gasteiger partial charge in [-0.15, -0.1) is 0 Å². The number of carbonyl (C=O) groups excluding carboxylic acids is 1. The van der Waals surface area contributed by atoms with E-state index in [0.29, 0.717) is 18.7 Å². The molecule has 1 heterocycles. The maximum Gasteiger partial charge on any atom is 0.323 e. The predicted octanol–water partition coefficient (Wildman–Crippen LogP) is 0.613. The molecule has 1 aromatic carbocycles. The zero-order chi connectivity index (χ0) is 17.7. The second-order valence-corrected chi connectivity index (χ2v) is 8.05. The quantitative estimate of drug-likeness (QED) is 0.771. The van der Waals surface area contributed by atoms with E-state index in [2.05, 4.69) is 0 Å². The third-order valence-corrected chi connectivity index (χ3v) is 5.83. The number of hydrogen-bond donors (Lipinski definition) is 1. The van der Waals surface area contributed by atoms with Crippen LogP contribution in [0.3, 0.4) is 0 Å². The second kappa shape index (κ2) is 7.65. The summed E-state index contributed by atoms with van der Waals surface area (Å²) in [6.45, 7) is 1.80. The minimum atomic E-state index is -3.09. The topological polar surface area (TPSA) is 95.0 Å². The maximum atomic E-state index is 12.6. The van der Waals surface area contributed by atoms with Gasteiger partial charge in [0.1, 0.15) is 6.54 Å². The van der Waals surface area contributed by atoms with E-state index < -0.39 is 15.8 Å². The van der Waals surface area contributed by atoms with Crippen molar-refractivity contribution in [2.45, 2.75) is 19.4 Å². The molecule has 0 bridgehead atoms. The standard InChI is InChI=1S/C16H22N2O5S/c1-2-18(14-8-9-24(22,23)12-14)15(19)10-17(11-16(20)21)13-6-4-3-5-7-13/h3-7,14H,2,8-12H2,1H3,(H,20,21). The van der Waals surface area contributed by atoms with Crippen LogP contribution in [0.25, 0.3) is 0 Å². The first kappa shape index (κ1) is 18.3. The Balaban J connectivity index is 2.12. The summed E-state index contributed by atoms with van der Waals surface area (Å²) in [7, 11) is -3.09. The SMILES string of the molecule is CCN(C(=O)CN(CC(=O)O)c1ccccc1)C1CCS(=O)(=O)C1. The fourth-order valence-corrected chi connectivity index (χ4v) is 4.68. The Kier molecular flexibility index (Phi) is 5.82. The van der Waals surface area contributed by atoms with Gasteiger partial charge in [-0.05, 0) is 25.5 Å². The molecule has 1 aromatic rings. The molecule has 0 aromatic heterocycles. The number of carbonyl (C=O) groups is 2. The van der Waals surface area contributed by atoms with Crippen molar-refractivity contribution in [1.29, 1.82) is 0 Å². The highest BCUT2D eigenvalue weighted by Gasteiger charge is 2.34. The van der Waals surface area contributed by atoms with Crippen molar-refractivity contribution in [3.05, 3.63) is 30.3 Å². The van der Waals surface area contributed by atoms with Crippen molar-refractivity contribution in [2.24, 2.45) is 0 Å². The molecule has 1 fully saturated rings. The molecule has 1 unspecified atom stereocenters. The highest BCUT2D eigenvalue weighted by atomic mass is 32.2. The number of para-hydroxylation sites is 1. The summed E-state index contributed by atoms with van der Waals surface area (Å²) in [6.07, 6.45) is 0.437. The van der Waals surface area contributed by atoms with Gasteiger partial charge in [0.25, 0.3) is 0 Å². The minimum absolute atomic E-state index is 0.0170. The van der Waals surface area contributed by atoms with Crippen LogP contribution >= 0.6 is 0 Å². The van der Waals surface area contributed by atoms with Gasteiger partial charge < -0.3 is 14.9 Å². The molecular formula is C16H22N2O5S. The van der Waals surface area contributed by atoms with Crippen LogP contribution in [0.1, 0.15) is 13.3 Å². The van der Waals surface area contributed by atoms with Crippen LogP contribution in [0.5, 0.6) is 0 Å². The summed E-state index contributed by atoms with van der Waals surface area (Å²) in [5.74, 6) is -1.21. The summed E-state index contributed by atoms with van der Waals surface area (Å²) >= 11 is 0. The van der Waals surface area contributed by atoms with Gasteiger partial charge in [0.15, 0.2) is 9.84 Å². The number of sulfone groups is 1. The molecule has 0 spiro atoms. The van der Waals surface area contributed by atoms with Crippen molar-refractivity contribution in [3.63, 3.8) is 0 Å². The van der Waals surface area contributed by atoms with Crippen molar-refractivity contribution < 1.29 is 23.1 Å². The summed E-state index contributed by atoms with van der Waals surface area (Å²) in [5.41, 5.74) is 0.642.